The minimum absolute atomic E-state index is 0.0841. The van der Waals surface area contributed by atoms with E-state index in [9.17, 15) is 13.6 Å². The fourth-order valence-corrected chi connectivity index (χ4v) is 2.43. The van der Waals surface area contributed by atoms with Crippen LogP contribution in [-0.2, 0) is 11.3 Å². The zero-order chi connectivity index (χ0) is 20.6. The SMILES string of the molecule is COC(=O)c1ccc(COc2ccc(/C=N\Nc3ccc(F)cc3F)cc2)cc1. The summed E-state index contributed by atoms with van der Waals surface area (Å²) in [6.45, 7) is 0.348. The highest BCUT2D eigenvalue weighted by Gasteiger charge is 2.05. The Bertz CT molecular complexity index is 1000. The van der Waals surface area contributed by atoms with Crippen molar-refractivity contribution in [3.8, 4) is 5.75 Å². The lowest BCUT2D eigenvalue weighted by molar-refractivity contribution is 0.0600. The molecule has 7 heteroatoms. The van der Waals surface area contributed by atoms with Gasteiger partial charge in [0.05, 0.1) is 24.6 Å². The van der Waals surface area contributed by atoms with Crippen molar-refractivity contribution in [2.75, 3.05) is 12.5 Å². The highest BCUT2D eigenvalue weighted by atomic mass is 19.1. The first-order valence-electron chi connectivity index (χ1n) is 8.69. The van der Waals surface area contributed by atoms with Crippen molar-refractivity contribution in [1.29, 1.82) is 0 Å². The number of anilines is 1. The molecule has 0 saturated heterocycles. The van der Waals surface area contributed by atoms with E-state index in [1.54, 1.807) is 48.5 Å². The van der Waals surface area contributed by atoms with Crippen LogP contribution in [0.2, 0.25) is 0 Å². The van der Waals surface area contributed by atoms with Gasteiger partial charge in [0.15, 0.2) is 5.82 Å². The molecule has 0 amide bonds. The Balaban J connectivity index is 1.52. The van der Waals surface area contributed by atoms with Crippen molar-refractivity contribution < 1.29 is 23.0 Å². The van der Waals surface area contributed by atoms with Gasteiger partial charge in [0, 0.05) is 6.07 Å². The molecule has 0 heterocycles. The van der Waals surface area contributed by atoms with E-state index in [1.165, 1.54) is 19.4 Å². The molecule has 1 N–H and O–H groups in total. The Kier molecular flexibility index (Phi) is 6.52. The van der Waals surface area contributed by atoms with Crippen molar-refractivity contribution >= 4 is 17.9 Å². The summed E-state index contributed by atoms with van der Waals surface area (Å²) in [5.74, 6) is -1.08. The average Bonchev–Trinajstić information content (AvgIpc) is 2.74. The third-order valence-electron chi connectivity index (χ3n) is 3.99. The van der Waals surface area contributed by atoms with Crippen molar-refractivity contribution in [2.45, 2.75) is 6.61 Å². The summed E-state index contributed by atoms with van der Waals surface area (Å²) in [6, 6.07) is 17.3. The van der Waals surface area contributed by atoms with E-state index >= 15 is 0 Å². The summed E-state index contributed by atoms with van der Waals surface area (Å²) in [6.07, 6.45) is 1.51. The molecule has 0 fully saturated rings. The highest BCUT2D eigenvalue weighted by Crippen LogP contribution is 2.16. The molecule has 0 unspecified atom stereocenters. The molecular weight excluding hydrogens is 378 g/mol. The largest absolute Gasteiger partial charge is 0.489 e. The van der Waals surface area contributed by atoms with Gasteiger partial charge >= 0.3 is 5.97 Å². The molecule has 0 aromatic heterocycles. The fourth-order valence-electron chi connectivity index (χ4n) is 2.43. The Hall–Kier alpha value is -3.74. The summed E-state index contributed by atoms with van der Waals surface area (Å²) in [7, 11) is 1.34. The van der Waals surface area contributed by atoms with Crippen LogP contribution in [0.25, 0.3) is 0 Å². The number of esters is 1. The Morgan fingerprint density at radius 3 is 2.41 bits per heavy atom. The van der Waals surface area contributed by atoms with E-state index in [1.807, 2.05) is 0 Å². The van der Waals surface area contributed by atoms with Gasteiger partial charge in [0.2, 0.25) is 0 Å². The van der Waals surface area contributed by atoms with Crippen LogP contribution in [0.3, 0.4) is 0 Å². The van der Waals surface area contributed by atoms with Gasteiger partial charge in [-0.1, -0.05) is 12.1 Å². The van der Waals surface area contributed by atoms with Crippen LogP contribution in [-0.4, -0.2) is 19.3 Å². The molecule has 0 aliphatic rings. The normalized spacial score (nSPS) is 10.7. The van der Waals surface area contributed by atoms with Crippen molar-refractivity contribution in [2.24, 2.45) is 5.10 Å². The molecule has 0 radical (unpaired) electrons. The summed E-state index contributed by atoms with van der Waals surface area (Å²) >= 11 is 0. The lowest BCUT2D eigenvalue weighted by Gasteiger charge is -2.07. The van der Waals surface area contributed by atoms with E-state index in [-0.39, 0.29) is 11.7 Å². The predicted molar refractivity (Wildman–Crippen MR) is 106 cm³/mol. The number of halogens is 2. The van der Waals surface area contributed by atoms with Crippen LogP contribution in [0, 0.1) is 11.6 Å². The quantitative estimate of drug-likeness (QED) is 0.355. The number of ether oxygens (including phenoxy) is 2. The smallest absolute Gasteiger partial charge is 0.337 e. The third-order valence-corrected chi connectivity index (χ3v) is 3.99. The molecule has 0 aliphatic carbocycles. The maximum absolute atomic E-state index is 13.5. The van der Waals surface area contributed by atoms with Gasteiger partial charge in [-0.2, -0.15) is 5.10 Å². The van der Waals surface area contributed by atoms with Crippen LogP contribution in [0.5, 0.6) is 5.75 Å². The number of nitrogens with one attached hydrogen (secondary N) is 1. The van der Waals surface area contributed by atoms with Crippen molar-refractivity contribution in [1.82, 2.24) is 0 Å². The van der Waals surface area contributed by atoms with Gasteiger partial charge in [0.1, 0.15) is 18.2 Å². The number of nitrogens with zero attached hydrogens (tertiary/aromatic N) is 1. The molecular formula is C22H18F2N2O3. The lowest BCUT2D eigenvalue weighted by atomic mass is 10.1. The monoisotopic (exact) mass is 396 g/mol. The second-order valence-electron chi connectivity index (χ2n) is 6.04. The number of hydrazone groups is 1. The first-order valence-corrected chi connectivity index (χ1v) is 8.69. The minimum atomic E-state index is -0.717. The van der Waals surface area contributed by atoms with Crippen LogP contribution >= 0.6 is 0 Å². The van der Waals surface area contributed by atoms with E-state index in [0.717, 1.165) is 23.3 Å². The van der Waals surface area contributed by atoms with Gasteiger partial charge < -0.3 is 9.47 Å². The topological polar surface area (TPSA) is 59.9 Å². The number of hydrogen-bond acceptors (Lipinski definition) is 5. The summed E-state index contributed by atoms with van der Waals surface area (Å²) < 4.78 is 36.8. The summed E-state index contributed by atoms with van der Waals surface area (Å²) in [4.78, 5) is 11.4. The molecule has 0 saturated carbocycles. The van der Waals surface area contributed by atoms with Crippen molar-refractivity contribution in [3.05, 3.63) is 95.1 Å². The van der Waals surface area contributed by atoms with Crippen LogP contribution < -0.4 is 10.2 Å². The Morgan fingerprint density at radius 1 is 1.03 bits per heavy atom. The first-order chi connectivity index (χ1) is 14.0. The van der Waals surface area contributed by atoms with Gasteiger partial charge in [0.25, 0.3) is 0 Å². The molecule has 148 valence electrons. The van der Waals surface area contributed by atoms with E-state index < -0.39 is 11.6 Å². The molecule has 0 spiro atoms. The molecule has 3 aromatic rings. The second kappa shape index (κ2) is 9.45. The molecule has 0 bridgehead atoms. The highest BCUT2D eigenvalue weighted by molar-refractivity contribution is 5.89. The minimum Gasteiger partial charge on any atom is -0.489 e. The van der Waals surface area contributed by atoms with E-state index in [2.05, 4.69) is 15.3 Å². The first kappa shape index (κ1) is 20.0. The summed E-state index contributed by atoms with van der Waals surface area (Å²) in [5, 5.41) is 3.94. The maximum Gasteiger partial charge on any atom is 0.337 e. The summed E-state index contributed by atoms with van der Waals surface area (Å²) in [5.41, 5.74) is 4.78. The zero-order valence-electron chi connectivity index (χ0n) is 15.6. The van der Waals surface area contributed by atoms with Crippen molar-refractivity contribution in [3.63, 3.8) is 0 Å². The molecule has 29 heavy (non-hydrogen) atoms. The third kappa shape index (κ3) is 5.62. The average molecular weight is 396 g/mol. The zero-order valence-corrected chi connectivity index (χ0v) is 15.6. The van der Waals surface area contributed by atoms with Crippen LogP contribution in [0.4, 0.5) is 14.5 Å². The molecule has 3 aromatic carbocycles. The van der Waals surface area contributed by atoms with E-state index in [4.69, 9.17) is 4.74 Å². The fraction of sp³-hybridized carbons (Fsp3) is 0.0909. The number of benzene rings is 3. The number of carbonyl (C=O) groups excluding carboxylic acids is 1. The predicted octanol–water partition coefficient (Wildman–Crippen LogP) is 4.78. The van der Waals surface area contributed by atoms with E-state index in [0.29, 0.717) is 17.9 Å². The maximum atomic E-state index is 13.5. The van der Waals surface area contributed by atoms with Crippen LogP contribution in [0.1, 0.15) is 21.5 Å². The lowest BCUT2D eigenvalue weighted by Crippen LogP contribution is -2.02. The number of methoxy groups -OCH3 is 1. The molecule has 0 aliphatic heterocycles. The standard InChI is InChI=1S/C22H18F2N2O3/c1-28-22(27)17-6-2-16(3-7-17)14-29-19-9-4-15(5-10-19)13-25-26-21-11-8-18(23)12-20(21)24/h2-13,26H,14H2,1H3/b25-13-. The number of hydrogen-bond donors (Lipinski definition) is 1. The molecule has 0 atom stereocenters. The molecule has 3 rings (SSSR count). The van der Waals surface area contributed by atoms with Gasteiger partial charge in [-0.25, -0.2) is 13.6 Å². The van der Waals surface area contributed by atoms with Crippen LogP contribution in [0.15, 0.2) is 71.8 Å². The Labute approximate surface area is 166 Å². The Morgan fingerprint density at radius 2 is 1.76 bits per heavy atom. The number of rotatable bonds is 7. The van der Waals surface area contributed by atoms with Gasteiger partial charge in [-0.3, -0.25) is 5.43 Å². The van der Waals surface area contributed by atoms with Gasteiger partial charge in [-0.05, 0) is 59.7 Å². The van der Waals surface area contributed by atoms with Gasteiger partial charge in [-0.15, -0.1) is 0 Å². The molecule has 5 nitrogen and oxygen atoms in total. The second-order valence-corrected chi connectivity index (χ2v) is 6.04. The number of carbonyl (C=O) groups is 1.